The van der Waals surface area contributed by atoms with Gasteiger partial charge in [0.25, 0.3) is 5.91 Å². The van der Waals surface area contributed by atoms with E-state index < -0.39 is 24.1 Å². The molecule has 11 heteroatoms. The van der Waals surface area contributed by atoms with Gasteiger partial charge in [0.05, 0.1) is 42.5 Å². The highest BCUT2D eigenvalue weighted by molar-refractivity contribution is 6.20. The van der Waals surface area contributed by atoms with Crippen LogP contribution in [0.3, 0.4) is 0 Å². The summed E-state index contributed by atoms with van der Waals surface area (Å²) in [5.74, 6) is 0.501. The quantitative estimate of drug-likeness (QED) is 0.163. The lowest BCUT2D eigenvalue weighted by atomic mass is 9.64. The van der Waals surface area contributed by atoms with Gasteiger partial charge in [-0.2, -0.15) is 0 Å². The number of alkyl halides is 1. The molecule has 0 spiro atoms. The summed E-state index contributed by atoms with van der Waals surface area (Å²) < 4.78 is 23.4. The standard InChI is InChI=1S/C30H46FN7O3/c31-21-12-19-25-28(26(21)37-13-18-6-3-7-34-22(18)15-37)41-24-11-17-5-2-1-4-16(17)10-23(24)38(25)14-20(27(19)39)29(40)35-8-9-36-30(32)33/h14,16-19,21-26,28,34H,1-13,15H2,(H,35,40)(H4,32,33,36). The molecule has 11 atom stereocenters. The molecule has 4 heterocycles. The zero-order chi connectivity index (χ0) is 28.2. The molecular formula is C30H46FN7O3. The Morgan fingerprint density at radius 3 is 2.63 bits per heavy atom. The van der Waals surface area contributed by atoms with Crippen molar-refractivity contribution >= 4 is 17.6 Å². The van der Waals surface area contributed by atoms with E-state index >= 15 is 4.39 Å². The average Bonchev–Trinajstić information content (AvgIpc) is 3.39. The largest absolute Gasteiger partial charge is 0.370 e. The summed E-state index contributed by atoms with van der Waals surface area (Å²) in [5.41, 5.74) is 10.9. The molecule has 0 radical (unpaired) electrons. The monoisotopic (exact) mass is 571 g/mol. The molecule has 41 heavy (non-hydrogen) atoms. The van der Waals surface area contributed by atoms with Crippen molar-refractivity contribution in [1.82, 2.24) is 20.4 Å². The maximum Gasteiger partial charge on any atom is 0.256 e. The number of ether oxygens (including phenoxy) is 1. The molecule has 11 unspecified atom stereocenters. The molecular weight excluding hydrogens is 525 g/mol. The number of rotatable bonds is 5. The third kappa shape index (κ3) is 4.95. The van der Waals surface area contributed by atoms with Gasteiger partial charge >= 0.3 is 0 Å². The van der Waals surface area contributed by atoms with E-state index in [0.717, 1.165) is 32.5 Å². The van der Waals surface area contributed by atoms with E-state index in [9.17, 15) is 9.59 Å². The van der Waals surface area contributed by atoms with Gasteiger partial charge in [0.15, 0.2) is 11.7 Å². The lowest BCUT2D eigenvalue weighted by molar-refractivity contribution is -0.219. The second kappa shape index (κ2) is 11.1. The number of morpholine rings is 1. The molecule has 3 saturated heterocycles. The van der Waals surface area contributed by atoms with Crippen LogP contribution in [0.5, 0.6) is 0 Å². The van der Waals surface area contributed by atoms with Gasteiger partial charge in [0, 0.05) is 37.8 Å². The van der Waals surface area contributed by atoms with Crippen LogP contribution in [0.1, 0.15) is 57.8 Å². The number of nitrogens with one attached hydrogen (secondary N) is 2. The van der Waals surface area contributed by atoms with Crippen molar-refractivity contribution in [2.75, 3.05) is 32.7 Å². The maximum absolute atomic E-state index is 16.4. The molecule has 3 saturated carbocycles. The van der Waals surface area contributed by atoms with Crippen LogP contribution in [0.4, 0.5) is 4.39 Å². The SMILES string of the molecule is NC(N)=NCCNC(=O)C1=CN2C3CC4CCCCC4CC3OC3C(N4CC5CCCNC5C4)C(F)CC(C1=O)C32. The minimum atomic E-state index is -1.18. The first-order valence-electron chi connectivity index (χ1n) is 16.0. The summed E-state index contributed by atoms with van der Waals surface area (Å²) >= 11 is 0. The number of carbonyl (C=O) groups excluding carboxylic acids is 2. The Morgan fingerprint density at radius 2 is 1.85 bits per heavy atom. The van der Waals surface area contributed by atoms with Crippen molar-refractivity contribution in [3.05, 3.63) is 11.8 Å². The van der Waals surface area contributed by atoms with Crippen molar-refractivity contribution in [3.63, 3.8) is 0 Å². The average molecular weight is 572 g/mol. The summed E-state index contributed by atoms with van der Waals surface area (Å²) in [6.45, 7) is 3.19. The molecule has 0 aromatic heterocycles. The molecule has 4 aliphatic heterocycles. The van der Waals surface area contributed by atoms with E-state index in [1.165, 1.54) is 38.5 Å². The van der Waals surface area contributed by atoms with Gasteiger partial charge in [-0.25, -0.2) is 4.39 Å². The van der Waals surface area contributed by atoms with E-state index in [4.69, 9.17) is 16.2 Å². The predicted octanol–water partition coefficient (Wildman–Crippen LogP) is 0.660. The van der Waals surface area contributed by atoms with E-state index in [1.807, 2.05) is 6.20 Å². The molecule has 6 N–H and O–H groups in total. The van der Waals surface area contributed by atoms with Crippen LogP contribution in [0.2, 0.25) is 0 Å². The predicted molar refractivity (Wildman–Crippen MR) is 152 cm³/mol. The molecule has 7 aliphatic rings. The van der Waals surface area contributed by atoms with Gasteiger partial charge in [-0.3, -0.25) is 19.5 Å². The number of likely N-dealkylation sites (tertiary alicyclic amines) is 1. The number of hydrogen-bond donors (Lipinski definition) is 4. The normalized spacial score (nSPS) is 43.6. The number of carbonyl (C=O) groups is 2. The fraction of sp³-hybridized carbons (Fsp3) is 0.833. The topological polar surface area (TPSA) is 138 Å². The van der Waals surface area contributed by atoms with Crippen molar-refractivity contribution < 1.29 is 18.7 Å². The smallest absolute Gasteiger partial charge is 0.256 e. The van der Waals surface area contributed by atoms with Crippen LogP contribution in [-0.4, -0.2) is 103 Å². The Bertz CT molecular complexity index is 1080. The summed E-state index contributed by atoms with van der Waals surface area (Å²) in [6.07, 6.45) is 9.71. The van der Waals surface area contributed by atoms with Crippen LogP contribution >= 0.6 is 0 Å². The number of nitrogens with two attached hydrogens (primary N) is 2. The second-order valence-corrected chi connectivity index (χ2v) is 13.7. The van der Waals surface area contributed by atoms with Crippen molar-refractivity contribution in [1.29, 1.82) is 0 Å². The Morgan fingerprint density at radius 1 is 1.07 bits per heavy atom. The number of nitrogens with zero attached hydrogens (tertiary/aromatic N) is 3. The highest BCUT2D eigenvalue weighted by Crippen LogP contribution is 2.51. The third-order valence-corrected chi connectivity index (χ3v) is 11.4. The summed E-state index contributed by atoms with van der Waals surface area (Å²) in [7, 11) is 0. The molecule has 1 amide bonds. The molecule has 10 nitrogen and oxygen atoms in total. The van der Waals surface area contributed by atoms with Gasteiger partial charge in [-0.1, -0.05) is 25.7 Å². The van der Waals surface area contributed by atoms with Crippen LogP contribution in [0.15, 0.2) is 16.8 Å². The van der Waals surface area contributed by atoms with E-state index in [0.29, 0.717) is 23.8 Å². The number of ketones is 1. The maximum atomic E-state index is 16.4. The first-order chi connectivity index (χ1) is 19.9. The van der Waals surface area contributed by atoms with Crippen LogP contribution in [-0.2, 0) is 14.3 Å². The molecule has 0 aromatic rings. The molecule has 3 aliphatic carbocycles. The molecule has 226 valence electrons. The van der Waals surface area contributed by atoms with Gasteiger partial charge in [0.2, 0.25) is 0 Å². The third-order valence-electron chi connectivity index (χ3n) is 11.4. The van der Waals surface area contributed by atoms with Crippen LogP contribution in [0.25, 0.3) is 0 Å². The number of amides is 1. The van der Waals surface area contributed by atoms with Gasteiger partial charge in [-0.15, -0.1) is 0 Å². The summed E-state index contributed by atoms with van der Waals surface area (Å²) in [4.78, 5) is 35.7. The Balaban J connectivity index is 1.20. The number of Topliss-reactive ketones (excluding diaryl/α,β-unsaturated/α-hetero) is 1. The van der Waals surface area contributed by atoms with Crippen molar-refractivity contribution in [3.8, 4) is 0 Å². The molecule has 0 aromatic carbocycles. The lowest BCUT2D eigenvalue weighted by Gasteiger charge is -2.61. The van der Waals surface area contributed by atoms with E-state index in [1.54, 1.807) is 0 Å². The number of fused-ring (bicyclic) bond motifs is 4. The number of guanidine groups is 1. The minimum absolute atomic E-state index is 0.0114. The first kappa shape index (κ1) is 27.6. The van der Waals surface area contributed by atoms with Crippen LogP contribution in [0, 0.1) is 23.7 Å². The summed E-state index contributed by atoms with van der Waals surface area (Å²) in [6, 6.07) is -0.0989. The molecule has 7 rings (SSSR count). The Hall–Kier alpha value is -2.24. The fourth-order valence-electron chi connectivity index (χ4n) is 9.64. The van der Waals surface area contributed by atoms with E-state index in [2.05, 4.69) is 25.4 Å². The van der Waals surface area contributed by atoms with Crippen molar-refractivity contribution in [2.24, 2.45) is 40.1 Å². The minimum Gasteiger partial charge on any atom is -0.370 e. The zero-order valence-corrected chi connectivity index (χ0v) is 23.9. The number of piperidine rings is 1. The van der Waals surface area contributed by atoms with Gasteiger partial charge < -0.3 is 31.7 Å². The highest BCUT2D eigenvalue weighted by Gasteiger charge is 2.61. The zero-order valence-electron chi connectivity index (χ0n) is 23.9. The van der Waals surface area contributed by atoms with Crippen molar-refractivity contribution in [2.45, 2.75) is 100 Å². The lowest BCUT2D eigenvalue weighted by Crippen LogP contribution is -2.73. The molecule has 0 bridgehead atoms. The van der Waals surface area contributed by atoms with E-state index in [-0.39, 0.29) is 61.1 Å². The van der Waals surface area contributed by atoms with Crippen LogP contribution < -0.4 is 22.1 Å². The Kier molecular flexibility index (Phi) is 7.48. The highest BCUT2D eigenvalue weighted by atomic mass is 19.1. The second-order valence-electron chi connectivity index (χ2n) is 13.7. The number of halogens is 1. The first-order valence-corrected chi connectivity index (χ1v) is 16.0. The van der Waals surface area contributed by atoms with Gasteiger partial charge in [0.1, 0.15) is 6.17 Å². The van der Waals surface area contributed by atoms with Gasteiger partial charge in [-0.05, 0) is 56.4 Å². The molecule has 6 fully saturated rings. The number of hydrogen-bond acceptors (Lipinski definition) is 7. The Labute approximate surface area is 241 Å². The fourth-order valence-corrected chi connectivity index (χ4v) is 9.64. The number of aliphatic imine (C=N–C) groups is 1. The summed E-state index contributed by atoms with van der Waals surface area (Å²) in [5, 5.41) is 6.47.